The first-order valence-electron chi connectivity index (χ1n) is 6.49. The second kappa shape index (κ2) is 5.01. The molecule has 1 fully saturated rings. The Labute approximate surface area is 110 Å². The summed E-state index contributed by atoms with van der Waals surface area (Å²) < 4.78 is 5.64. The van der Waals surface area contributed by atoms with E-state index in [0.717, 1.165) is 17.6 Å². The molecule has 0 atom stereocenters. The summed E-state index contributed by atoms with van der Waals surface area (Å²) in [5.41, 5.74) is 1.57. The van der Waals surface area contributed by atoms with Crippen LogP contribution < -0.4 is 0 Å². The SMILES string of the molecule is O=C(O)CN(Cc1nc2ccccc2o1)CC1CC1. The fraction of sp³-hybridized carbons (Fsp3) is 0.429. The lowest BCUT2D eigenvalue weighted by Gasteiger charge is -2.17. The van der Waals surface area contributed by atoms with Gasteiger partial charge in [0.2, 0.25) is 5.89 Å². The molecule has 1 aromatic carbocycles. The van der Waals surface area contributed by atoms with Gasteiger partial charge in [0.05, 0.1) is 13.1 Å². The highest BCUT2D eigenvalue weighted by Gasteiger charge is 2.26. The molecule has 1 saturated carbocycles. The second-order valence-electron chi connectivity index (χ2n) is 5.08. The van der Waals surface area contributed by atoms with E-state index in [1.807, 2.05) is 29.2 Å². The molecular formula is C14H16N2O3. The molecule has 19 heavy (non-hydrogen) atoms. The first kappa shape index (κ1) is 12.2. The zero-order valence-corrected chi connectivity index (χ0v) is 10.6. The van der Waals surface area contributed by atoms with E-state index in [9.17, 15) is 4.79 Å². The summed E-state index contributed by atoms with van der Waals surface area (Å²) in [6.07, 6.45) is 2.40. The van der Waals surface area contributed by atoms with Gasteiger partial charge in [0, 0.05) is 6.54 Å². The Morgan fingerprint density at radius 2 is 2.21 bits per heavy atom. The fourth-order valence-corrected chi connectivity index (χ4v) is 2.22. The van der Waals surface area contributed by atoms with Gasteiger partial charge in [0.15, 0.2) is 5.58 Å². The molecule has 5 nitrogen and oxygen atoms in total. The van der Waals surface area contributed by atoms with Crippen LogP contribution in [0.25, 0.3) is 11.1 Å². The summed E-state index contributed by atoms with van der Waals surface area (Å²) in [6.45, 7) is 1.30. The molecule has 0 unspecified atom stereocenters. The van der Waals surface area contributed by atoms with Crippen molar-refractivity contribution in [3.8, 4) is 0 Å². The van der Waals surface area contributed by atoms with Crippen LogP contribution in [0.1, 0.15) is 18.7 Å². The number of aliphatic carboxylic acids is 1. The maximum Gasteiger partial charge on any atom is 0.317 e. The molecule has 2 aromatic rings. The van der Waals surface area contributed by atoms with Crippen molar-refractivity contribution in [1.29, 1.82) is 0 Å². The highest BCUT2D eigenvalue weighted by Crippen LogP contribution is 2.30. The van der Waals surface area contributed by atoms with Crippen molar-refractivity contribution in [3.05, 3.63) is 30.2 Å². The standard InChI is InChI=1S/C14H16N2O3/c17-14(18)9-16(7-10-5-6-10)8-13-15-11-3-1-2-4-12(11)19-13/h1-4,10H,5-9H2,(H,17,18). The number of carbonyl (C=O) groups is 1. The third kappa shape index (κ3) is 3.12. The lowest BCUT2D eigenvalue weighted by molar-refractivity contribution is -0.138. The van der Waals surface area contributed by atoms with Crippen molar-refractivity contribution < 1.29 is 14.3 Å². The zero-order chi connectivity index (χ0) is 13.2. The van der Waals surface area contributed by atoms with Crippen molar-refractivity contribution >= 4 is 17.1 Å². The predicted molar refractivity (Wildman–Crippen MR) is 69.6 cm³/mol. The summed E-state index contributed by atoms with van der Waals surface area (Å²) in [7, 11) is 0. The monoisotopic (exact) mass is 260 g/mol. The van der Waals surface area contributed by atoms with E-state index >= 15 is 0 Å². The maximum absolute atomic E-state index is 10.9. The van der Waals surface area contributed by atoms with Crippen LogP contribution >= 0.6 is 0 Å². The quantitative estimate of drug-likeness (QED) is 0.861. The molecule has 1 aliphatic carbocycles. The van der Waals surface area contributed by atoms with Crippen LogP contribution in [-0.4, -0.2) is 34.0 Å². The number of benzene rings is 1. The van der Waals surface area contributed by atoms with Crippen LogP contribution in [0.5, 0.6) is 0 Å². The summed E-state index contributed by atoms with van der Waals surface area (Å²) >= 11 is 0. The van der Waals surface area contributed by atoms with Gasteiger partial charge in [-0.05, 0) is 30.9 Å². The predicted octanol–water partition coefficient (Wildman–Crippen LogP) is 2.12. The highest BCUT2D eigenvalue weighted by atomic mass is 16.4. The van der Waals surface area contributed by atoms with E-state index in [4.69, 9.17) is 9.52 Å². The van der Waals surface area contributed by atoms with Crippen molar-refractivity contribution in [1.82, 2.24) is 9.88 Å². The van der Waals surface area contributed by atoms with Crippen LogP contribution in [-0.2, 0) is 11.3 Å². The first-order valence-corrected chi connectivity index (χ1v) is 6.49. The van der Waals surface area contributed by atoms with Crippen LogP contribution in [0.15, 0.2) is 28.7 Å². The van der Waals surface area contributed by atoms with Crippen LogP contribution in [0.3, 0.4) is 0 Å². The molecule has 0 radical (unpaired) electrons. The average Bonchev–Trinajstić information content (AvgIpc) is 3.06. The van der Waals surface area contributed by atoms with Crippen molar-refractivity contribution in [2.24, 2.45) is 5.92 Å². The minimum Gasteiger partial charge on any atom is -0.480 e. The Bertz CT molecular complexity index is 556. The van der Waals surface area contributed by atoms with Crippen molar-refractivity contribution in [2.75, 3.05) is 13.1 Å². The fourth-order valence-electron chi connectivity index (χ4n) is 2.22. The van der Waals surface area contributed by atoms with Gasteiger partial charge < -0.3 is 9.52 Å². The highest BCUT2D eigenvalue weighted by molar-refractivity contribution is 5.72. The molecule has 5 heteroatoms. The van der Waals surface area contributed by atoms with Gasteiger partial charge in [-0.1, -0.05) is 12.1 Å². The number of hydrogen-bond donors (Lipinski definition) is 1. The molecule has 1 aliphatic rings. The average molecular weight is 260 g/mol. The maximum atomic E-state index is 10.9. The van der Waals surface area contributed by atoms with E-state index in [1.165, 1.54) is 12.8 Å². The Kier molecular flexibility index (Phi) is 3.21. The van der Waals surface area contributed by atoms with Gasteiger partial charge in [-0.15, -0.1) is 0 Å². The number of hydrogen-bond acceptors (Lipinski definition) is 4. The molecule has 100 valence electrons. The van der Waals surface area contributed by atoms with Gasteiger partial charge >= 0.3 is 5.97 Å². The molecule has 1 N–H and O–H groups in total. The lowest BCUT2D eigenvalue weighted by Crippen LogP contribution is -2.31. The van der Waals surface area contributed by atoms with Gasteiger partial charge in [0.1, 0.15) is 5.52 Å². The van der Waals surface area contributed by atoms with Gasteiger partial charge in [-0.3, -0.25) is 9.69 Å². The summed E-state index contributed by atoms with van der Waals surface area (Å²) in [5.74, 6) is 0.420. The molecule has 0 spiro atoms. The number of fused-ring (bicyclic) bond motifs is 1. The van der Waals surface area contributed by atoms with Gasteiger partial charge in [-0.2, -0.15) is 0 Å². The number of nitrogens with zero attached hydrogens (tertiary/aromatic N) is 2. The van der Waals surface area contributed by atoms with E-state index in [-0.39, 0.29) is 6.54 Å². The minimum absolute atomic E-state index is 0.0369. The zero-order valence-electron chi connectivity index (χ0n) is 10.6. The van der Waals surface area contributed by atoms with E-state index < -0.39 is 5.97 Å². The number of rotatable bonds is 6. The molecule has 0 amide bonds. The molecule has 0 bridgehead atoms. The number of oxazole rings is 1. The number of aromatic nitrogens is 1. The molecule has 0 aliphatic heterocycles. The molecule has 0 saturated heterocycles. The third-order valence-corrected chi connectivity index (χ3v) is 3.27. The van der Waals surface area contributed by atoms with Gasteiger partial charge in [-0.25, -0.2) is 4.98 Å². The molecule has 3 rings (SSSR count). The molecule has 1 heterocycles. The molecular weight excluding hydrogens is 244 g/mol. The number of carboxylic acid groups (broad SMARTS) is 1. The topological polar surface area (TPSA) is 66.6 Å². The molecule has 1 aromatic heterocycles. The largest absolute Gasteiger partial charge is 0.480 e. The van der Waals surface area contributed by atoms with Crippen LogP contribution in [0.4, 0.5) is 0 Å². The number of para-hydroxylation sites is 2. The summed E-state index contributed by atoms with van der Waals surface area (Å²) in [5, 5.41) is 8.94. The summed E-state index contributed by atoms with van der Waals surface area (Å²) in [4.78, 5) is 17.2. The van der Waals surface area contributed by atoms with Crippen molar-refractivity contribution in [3.63, 3.8) is 0 Å². The Morgan fingerprint density at radius 1 is 1.42 bits per heavy atom. The number of carboxylic acids is 1. The van der Waals surface area contributed by atoms with E-state index in [0.29, 0.717) is 18.4 Å². The minimum atomic E-state index is -0.809. The second-order valence-corrected chi connectivity index (χ2v) is 5.08. The third-order valence-electron chi connectivity index (χ3n) is 3.27. The van der Waals surface area contributed by atoms with Crippen LogP contribution in [0, 0.1) is 5.92 Å². The Morgan fingerprint density at radius 3 is 2.89 bits per heavy atom. The lowest BCUT2D eigenvalue weighted by atomic mass is 10.3. The Balaban J connectivity index is 1.73. The van der Waals surface area contributed by atoms with E-state index in [2.05, 4.69) is 4.98 Å². The Hall–Kier alpha value is -1.88. The van der Waals surface area contributed by atoms with Crippen molar-refractivity contribution in [2.45, 2.75) is 19.4 Å². The van der Waals surface area contributed by atoms with Crippen LogP contribution in [0.2, 0.25) is 0 Å². The normalized spacial score (nSPS) is 15.2. The summed E-state index contributed by atoms with van der Waals surface area (Å²) in [6, 6.07) is 7.57. The van der Waals surface area contributed by atoms with Gasteiger partial charge in [0.25, 0.3) is 0 Å². The first-order chi connectivity index (χ1) is 9.20. The van der Waals surface area contributed by atoms with E-state index in [1.54, 1.807) is 0 Å². The smallest absolute Gasteiger partial charge is 0.317 e.